The van der Waals surface area contributed by atoms with Gasteiger partial charge in [0.1, 0.15) is 5.70 Å². The third-order valence-electron chi connectivity index (χ3n) is 4.26. The van der Waals surface area contributed by atoms with Crippen LogP contribution in [0.2, 0.25) is 0 Å². The molecule has 1 aliphatic rings. The third-order valence-corrected chi connectivity index (χ3v) is 4.26. The van der Waals surface area contributed by atoms with Crippen molar-refractivity contribution >= 4 is 17.7 Å². The van der Waals surface area contributed by atoms with Crippen LogP contribution >= 0.6 is 0 Å². The van der Waals surface area contributed by atoms with Crippen molar-refractivity contribution in [2.24, 2.45) is 5.10 Å². The normalized spacial score (nSPS) is 15.2. The summed E-state index contributed by atoms with van der Waals surface area (Å²) in [6.07, 6.45) is 1.66. The van der Waals surface area contributed by atoms with Gasteiger partial charge < -0.3 is 9.47 Å². The Morgan fingerprint density at radius 3 is 1.81 bits per heavy atom. The quantitative estimate of drug-likeness (QED) is 0.855. The summed E-state index contributed by atoms with van der Waals surface area (Å²) in [6.45, 7) is 0. The van der Waals surface area contributed by atoms with Gasteiger partial charge in [-0.15, -0.1) is 0 Å². The summed E-state index contributed by atoms with van der Waals surface area (Å²) >= 11 is 0. The first-order chi connectivity index (χ1) is 12.6. The smallest absolute Gasteiger partial charge is 0.355 e. The highest BCUT2D eigenvalue weighted by molar-refractivity contribution is 6.42. The summed E-state index contributed by atoms with van der Waals surface area (Å²) < 4.78 is 9.78. The second-order valence-corrected chi connectivity index (χ2v) is 5.65. The average molecular weight is 350 g/mol. The number of benzene rings is 2. The number of carbonyl (C=O) groups is 2. The van der Waals surface area contributed by atoms with Crippen molar-refractivity contribution < 1.29 is 19.1 Å². The number of carbonyl (C=O) groups excluding carboxylic acids is 2. The maximum Gasteiger partial charge on any atom is 0.355 e. The van der Waals surface area contributed by atoms with E-state index < -0.39 is 17.4 Å². The molecule has 0 amide bonds. The largest absolute Gasteiger partial charge is 0.464 e. The zero-order chi connectivity index (χ0) is 18.6. The summed E-state index contributed by atoms with van der Waals surface area (Å²) in [5.41, 5.74) is 3.34. The number of nitrogens with one attached hydrogen (secondary N) is 1. The van der Waals surface area contributed by atoms with E-state index in [1.165, 1.54) is 14.2 Å². The molecule has 2 aromatic carbocycles. The Morgan fingerprint density at radius 2 is 1.35 bits per heavy atom. The molecule has 0 saturated heterocycles. The Morgan fingerprint density at radius 1 is 0.846 bits per heavy atom. The topological polar surface area (TPSA) is 77.0 Å². The average Bonchev–Trinajstić information content (AvgIpc) is 2.73. The van der Waals surface area contributed by atoms with Gasteiger partial charge in [0, 0.05) is 0 Å². The van der Waals surface area contributed by atoms with Gasteiger partial charge >= 0.3 is 11.9 Å². The van der Waals surface area contributed by atoms with Gasteiger partial charge in [0.05, 0.1) is 19.6 Å². The summed E-state index contributed by atoms with van der Waals surface area (Å²) in [7, 11) is 2.59. The van der Waals surface area contributed by atoms with Crippen molar-refractivity contribution in [3.8, 4) is 0 Å². The van der Waals surface area contributed by atoms with Gasteiger partial charge in [-0.3, -0.25) is 5.43 Å². The fourth-order valence-corrected chi connectivity index (χ4v) is 3.05. The molecule has 0 atom stereocenters. The summed E-state index contributed by atoms with van der Waals surface area (Å²) in [4.78, 5) is 24.7. The van der Waals surface area contributed by atoms with E-state index >= 15 is 0 Å². The first-order valence-corrected chi connectivity index (χ1v) is 7.98. The minimum Gasteiger partial charge on any atom is -0.464 e. The number of hydrogen-bond acceptors (Lipinski definition) is 6. The molecule has 1 heterocycles. The van der Waals surface area contributed by atoms with Gasteiger partial charge in [-0.25, -0.2) is 9.59 Å². The van der Waals surface area contributed by atoms with Gasteiger partial charge in [0.15, 0.2) is 5.71 Å². The van der Waals surface area contributed by atoms with Crippen LogP contribution in [0.5, 0.6) is 0 Å². The number of methoxy groups -OCH3 is 2. The second-order valence-electron chi connectivity index (χ2n) is 5.65. The molecule has 6 nitrogen and oxygen atoms in total. The molecule has 0 bridgehead atoms. The minimum absolute atomic E-state index is 0.130. The molecule has 6 heteroatoms. The van der Waals surface area contributed by atoms with Crippen molar-refractivity contribution in [3.05, 3.63) is 83.6 Å². The van der Waals surface area contributed by atoms with Gasteiger partial charge in [-0.1, -0.05) is 60.7 Å². The molecule has 1 aliphatic heterocycles. The summed E-state index contributed by atoms with van der Waals surface area (Å²) in [5.74, 6) is -1.17. The lowest BCUT2D eigenvalue weighted by Gasteiger charge is -2.35. The highest BCUT2D eigenvalue weighted by atomic mass is 16.5. The zero-order valence-corrected chi connectivity index (χ0v) is 14.4. The van der Waals surface area contributed by atoms with Crippen molar-refractivity contribution in [3.63, 3.8) is 0 Å². The van der Waals surface area contributed by atoms with Crippen molar-refractivity contribution in [1.29, 1.82) is 0 Å². The van der Waals surface area contributed by atoms with Crippen molar-refractivity contribution in [2.75, 3.05) is 14.2 Å². The first-order valence-electron chi connectivity index (χ1n) is 7.98. The SMILES string of the molecule is COC(=O)C1=CC(c2ccccc2)(c2ccccc2)C(C(=O)OC)=NN1. The van der Waals surface area contributed by atoms with Crippen LogP contribution in [0.1, 0.15) is 11.1 Å². The third kappa shape index (κ3) is 2.86. The molecule has 0 radical (unpaired) electrons. The van der Waals surface area contributed by atoms with E-state index in [1.54, 1.807) is 6.08 Å². The van der Waals surface area contributed by atoms with E-state index in [0.29, 0.717) is 0 Å². The Kier molecular flexibility index (Phi) is 4.84. The minimum atomic E-state index is -1.09. The molecular formula is C20H18N2O4. The van der Waals surface area contributed by atoms with Crippen LogP contribution in [0.25, 0.3) is 0 Å². The highest BCUT2D eigenvalue weighted by Crippen LogP contribution is 2.38. The standard InChI is InChI=1S/C20H18N2O4/c1-25-18(23)16-13-20(14-9-5-3-6-10-14,15-11-7-4-8-12-15)17(22-21-16)19(24)26-2/h3-13,21H,1-2H3. The number of hydrogen-bond donors (Lipinski definition) is 1. The number of rotatable bonds is 4. The van der Waals surface area contributed by atoms with Crippen molar-refractivity contribution in [2.45, 2.75) is 5.41 Å². The zero-order valence-electron chi connectivity index (χ0n) is 14.4. The lowest BCUT2D eigenvalue weighted by atomic mass is 9.69. The van der Waals surface area contributed by atoms with Crippen LogP contribution in [0, 0.1) is 0 Å². The van der Waals surface area contributed by atoms with Crippen LogP contribution in [0.3, 0.4) is 0 Å². The van der Waals surface area contributed by atoms with E-state index in [-0.39, 0.29) is 11.4 Å². The molecule has 3 rings (SSSR count). The fraction of sp³-hybridized carbons (Fsp3) is 0.150. The highest BCUT2D eigenvalue weighted by Gasteiger charge is 2.45. The number of hydrazone groups is 1. The lowest BCUT2D eigenvalue weighted by Crippen LogP contribution is -2.46. The lowest BCUT2D eigenvalue weighted by molar-refractivity contribution is -0.137. The maximum atomic E-state index is 12.5. The van der Waals surface area contributed by atoms with Gasteiger partial charge in [-0.2, -0.15) is 5.10 Å². The molecule has 0 unspecified atom stereocenters. The van der Waals surface area contributed by atoms with Crippen molar-refractivity contribution in [1.82, 2.24) is 5.43 Å². The predicted molar refractivity (Wildman–Crippen MR) is 96.3 cm³/mol. The Labute approximate surface area is 151 Å². The molecule has 0 saturated carbocycles. The maximum absolute atomic E-state index is 12.5. The van der Waals surface area contributed by atoms with Crippen LogP contribution in [0.4, 0.5) is 0 Å². The van der Waals surface area contributed by atoms with E-state index in [0.717, 1.165) is 11.1 Å². The Hall–Kier alpha value is -3.41. The monoisotopic (exact) mass is 350 g/mol. The fourth-order valence-electron chi connectivity index (χ4n) is 3.05. The first kappa shape index (κ1) is 17.4. The number of esters is 2. The van der Waals surface area contributed by atoms with Crippen LogP contribution in [-0.4, -0.2) is 31.9 Å². The second kappa shape index (κ2) is 7.23. The number of ether oxygens (including phenoxy) is 2. The number of allylic oxidation sites excluding steroid dienone is 1. The van der Waals surface area contributed by atoms with Crippen LogP contribution in [-0.2, 0) is 24.5 Å². The molecule has 0 spiro atoms. The molecule has 2 aromatic rings. The summed E-state index contributed by atoms with van der Waals surface area (Å²) in [6, 6.07) is 18.7. The molecular weight excluding hydrogens is 332 g/mol. The molecule has 0 aliphatic carbocycles. The molecule has 0 fully saturated rings. The van der Waals surface area contributed by atoms with Gasteiger partial charge in [0.25, 0.3) is 0 Å². The van der Waals surface area contributed by atoms with Gasteiger partial charge in [0.2, 0.25) is 0 Å². The van der Waals surface area contributed by atoms with E-state index in [2.05, 4.69) is 10.5 Å². The van der Waals surface area contributed by atoms with E-state index in [1.807, 2.05) is 60.7 Å². The Balaban J connectivity index is 2.34. The molecule has 26 heavy (non-hydrogen) atoms. The van der Waals surface area contributed by atoms with Crippen LogP contribution in [0.15, 0.2) is 77.5 Å². The molecule has 0 aromatic heterocycles. The summed E-state index contributed by atoms with van der Waals surface area (Å²) in [5, 5.41) is 4.18. The van der Waals surface area contributed by atoms with E-state index in [9.17, 15) is 9.59 Å². The molecule has 1 N–H and O–H groups in total. The number of nitrogens with zero attached hydrogens (tertiary/aromatic N) is 1. The Bertz CT molecular complexity index is 834. The predicted octanol–water partition coefficient (Wildman–Crippen LogP) is 2.16. The van der Waals surface area contributed by atoms with E-state index in [4.69, 9.17) is 9.47 Å². The molecule has 132 valence electrons. The van der Waals surface area contributed by atoms with Gasteiger partial charge in [-0.05, 0) is 17.2 Å². The van der Waals surface area contributed by atoms with Crippen LogP contribution < -0.4 is 5.43 Å².